The molecule has 3 rings (SSSR count). The molecule has 128 valence electrons. The van der Waals surface area contributed by atoms with Gasteiger partial charge in [0.15, 0.2) is 0 Å². The van der Waals surface area contributed by atoms with Crippen LogP contribution in [0.3, 0.4) is 0 Å². The molecule has 0 saturated carbocycles. The monoisotopic (exact) mass is 339 g/mol. The molecule has 0 unspecified atom stereocenters. The van der Waals surface area contributed by atoms with Crippen LogP contribution in [-0.4, -0.2) is 43.2 Å². The SMILES string of the molecule is COc1ccnc(N2CCN(c3ccc([N+](=O)[O-])c(C#N)c3)CC2)c1. The average molecular weight is 339 g/mol. The first-order chi connectivity index (χ1) is 12.1. The van der Waals surface area contributed by atoms with Crippen LogP contribution in [0.1, 0.15) is 5.56 Å². The molecule has 0 spiro atoms. The van der Waals surface area contributed by atoms with Gasteiger partial charge in [0.2, 0.25) is 0 Å². The molecule has 25 heavy (non-hydrogen) atoms. The van der Waals surface area contributed by atoms with E-state index in [4.69, 9.17) is 10.00 Å². The zero-order valence-electron chi connectivity index (χ0n) is 13.8. The summed E-state index contributed by atoms with van der Waals surface area (Å²) in [6, 6.07) is 10.3. The number of piperazine rings is 1. The first-order valence-electron chi connectivity index (χ1n) is 7.81. The third-order valence-electron chi connectivity index (χ3n) is 4.22. The van der Waals surface area contributed by atoms with Gasteiger partial charge in [0.1, 0.15) is 23.2 Å². The summed E-state index contributed by atoms with van der Waals surface area (Å²) < 4.78 is 5.23. The minimum Gasteiger partial charge on any atom is -0.497 e. The number of methoxy groups -OCH3 is 1. The van der Waals surface area contributed by atoms with Crippen LogP contribution in [0.15, 0.2) is 36.5 Å². The molecule has 0 radical (unpaired) electrons. The molecular formula is C17H17N5O3. The Bertz CT molecular complexity index is 825. The number of nitriles is 1. The van der Waals surface area contributed by atoms with Crippen LogP contribution in [0.25, 0.3) is 0 Å². The van der Waals surface area contributed by atoms with E-state index in [2.05, 4.69) is 14.8 Å². The molecule has 1 aromatic heterocycles. The van der Waals surface area contributed by atoms with Crippen molar-refractivity contribution in [2.75, 3.05) is 43.1 Å². The maximum Gasteiger partial charge on any atom is 0.287 e. The fourth-order valence-electron chi connectivity index (χ4n) is 2.86. The van der Waals surface area contributed by atoms with Gasteiger partial charge in [-0.25, -0.2) is 4.98 Å². The summed E-state index contributed by atoms with van der Waals surface area (Å²) in [5.41, 5.74) is 0.741. The van der Waals surface area contributed by atoms with Gasteiger partial charge in [-0.1, -0.05) is 0 Å². The second kappa shape index (κ2) is 7.05. The van der Waals surface area contributed by atoms with Crippen molar-refractivity contribution >= 4 is 17.2 Å². The number of pyridine rings is 1. The zero-order chi connectivity index (χ0) is 17.8. The number of ether oxygens (including phenoxy) is 1. The van der Waals surface area contributed by atoms with E-state index in [9.17, 15) is 10.1 Å². The van der Waals surface area contributed by atoms with Crippen molar-refractivity contribution in [2.45, 2.75) is 0 Å². The minimum absolute atomic E-state index is 0.0828. The fraction of sp³-hybridized carbons (Fsp3) is 0.294. The third kappa shape index (κ3) is 3.45. The number of hydrogen-bond donors (Lipinski definition) is 0. The number of rotatable bonds is 4. The molecular weight excluding hydrogens is 322 g/mol. The van der Waals surface area contributed by atoms with Crippen molar-refractivity contribution in [1.29, 1.82) is 5.26 Å². The Balaban J connectivity index is 1.72. The van der Waals surface area contributed by atoms with E-state index in [0.29, 0.717) is 0 Å². The maximum atomic E-state index is 10.9. The molecule has 1 aliphatic rings. The standard InChI is InChI=1S/C17H17N5O3/c1-25-15-4-5-19-17(11-15)21-8-6-20(7-9-21)14-2-3-16(22(23)24)13(10-14)12-18/h2-5,10-11H,6-9H2,1H3. The summed E-state index contributed by atoms with van der Waals surface area (Å²) in [7, 11) is 1.62. The fourth-order valence-corrected chi connectivity index (χ4v) is 2.86. The Hall–Kier alpha value is -3.34. The van der Waals surface area contributed by atoms with Gasteiger partial charge in [-0.2, -0.15) is 5.26 Å². The Labute approximate surface area is 145 Å². The van der Waals surface area contributed by atoms with Crippen LogP contribution in [0, 0.1) is 21.4 Å². The van der Waals surface area contributed by atoms with Crippen LogP contribution in [0.5, 0.6) is 5.75 Å². The molecule has 2 heterocycles. The molecule has 0 aliphatic carbocycles. The summed E-state index contributed by atoms with van der Waals surface area (Å²) in [4.78, 5) is 19.1. The number of benzene rings is 1. The van der Waals surface area contributed by atoms with E-state index in [1.54, 1.807) is 31.5 Å². The van der Waals surface area contributed by atoms with Crippen LogP contribution in [0.4, 0.5) is 17.2 Å². The predicted molar refractivity (Wildman–Crippen MR) is 93.0 cm³/mol. The van der Waals surface area contributed by atoms with Crippen molar-refractivity contribution in [3.8, 4) is 11.8 Å². The van der Waals surface area contributed by atoms with E-state index in [0.717, 1.165) is 43.4 Å². The number of hydrogen-bond acceptors (Lipinski definition) is 7. The molecule has 1 saturated heterocycles. The summed E-state index contributed by atoms with van der Waals surface area (Å²) in [6.07, 6.45) is 1.72. The van der Waals surface area contributed by atoms with Crippen LogP contribution in [-0.2, 0) is 0 Å². The highest BCUT2D eigenvalue weighted by Crippen LogP contribution is 2.26. The van der Waals surface area contributed by atoms with Crippen molar-refractivity contribution in [3.05, 3.63) is 52.2 Å². The summed E-state index contributed by atoms with van der Waals surface area (Å²) >= 11 is 0. The molecule has 0 N–H and O–H groups in total. The van der Waals surface area contributed by atoms with Gasteiger partial charge in [0.05, 0.1) is 12.0 Å². The largest absolute Gasteiger partial charge is 0.497 e. The first kappa shape index (κ1) is 16.5. The summed E-state index contributed by atoms with van der Waals surface area (Å²) in [5.74, 6) is 1.63. The number of aromatic nitrogens is 1. The van der Waals surface area contributed by atoms with Gasteiger partial charge in [0, 0.05) is 50.2 Å². The van der Waals surface area contributed by atoms with Gasteiger partial charge < -0.3 is 14.5 Å². The first-order valence-corrected chi connectivity index (χ1v) is 7.81. The molecule has 2 aromatic rings. The second-order valence-electron chi connectivity index (χ2n) is 5.60. The van der Waals surface area contributed by atoms with E-state index < -0.39 is 4.92 Å². The number of nitro groups is 1. The second-order valence-corrected chi connectivity index (χ2v) is 5.60. The lowest BCUT2D eigenvalue weighted by molar-refractivity contribution is -0.385. The molecule has 1 aliphatic heterocycles. The zero-order valence-corrected chi connectivity index (χ0v) is 13.8. The topological polar surface area (TPSA) is 95.5 Å². The molecule has 8 nitrogen and oxygen atoms in total. The van der Waals surface area contributed by atoms with Crippen LogP contribution in [0.2, 0.25) is 0 Å². The highest BCUT2D eigenvalue weighted by Gasteiger charge is 2.21. The number of anilines is 2. The molecule has 0 bridgehead atoms. The molecule has 0 atom stereocenters. The van der Waals surface area contributed by atoms with Gasteiger partial charge in [-0.15, -0.1) is 0 Å². The number of nitro benzene ring substituents is 1. The van der Waals surface area contributed by atoms with E-state index in [1.807, 2.05) is 12.1 Å². The summed E-state index contributed by atoms with van der Waals surface area (Å²) in [6.45, 7) is 3.00. The molecule has 1 fully saturated rings. The minimum atomic E-state index is -0.533. The van der Waals surface area contributed by atoms with Crippen LogP contribution < -0.4 is 14.5 Å². The molecule has 0 amide bonds. The van der Waals surface area contributed by atoms with Gasteiger partial charge >= 0.3 is 0 Å². The van der Waals surface area contributed by atoms with Crippen molar-refractivity contribution in [1.82, 2.24) is 4.98 Å². The van der Waals surface area contributed by atoms with Crippen LogP contribution >= 0.6 is 0 Å². The highest BCUT2D eigenvalue weighted by atomic mass is 16.6. The maximum absolute atomic E-state index is 10.9. The van der Waals surface area contributed by atoms with E-state index in [1.165, 1.54) is 6.07 Å². The molecule has 1 aromatic carbocycles. The summed E-state index contributed by atoms with van der Waals surface area (Å²) in [5, 5.41) is 20.1. The smallest absolute Gasteiger partial charge is 0.287 e. The highest BCUT2D eigenvalue weighted by molar-refractivity contribution is 5.60. The van der Waals surface area contributed by atoms with E-state index >= 15 is 0 Å². The van der Waals surface area contributed by atoms with Crippen molar-refractivity contribution in [3.63, 3.8) is 0 Å². The Morgan fingerprint density at radius 3 is 2.56 bits per heavy atom. The molecule has 8 heteroatoms. The predicted octanol–water partition coefficient (Wildman–Crippen LogP) is 2.20. The van der Waals surface area contributed by atoms with Gasteiger partial charge in [-0.05, 0) is 18.2 Å². The normalized spacial score (nSPS) is 14.1. The van der Waals surface area contributed by atoms with Gasteiger partial charge in [-0.3, -0.25) is 10.1 Å². The van der Waals surface area contributed by atoms with Gasteiger partial charge in [0.25, 0.3) is 5.69 Å². The average Bonchev–Trinajstić information content (AvgIpc) is 2.67. The lowest BCUT2D eigenvalue weighted by Gasteiger charge is -2.36. The number of nitrogens with zero attached hydrogens (tertiary/aromatic N) is 5. The lowest BCUT2D eigenvalue weighted by atomic mass is 10.1. The van der Waals surface area contributed by atoms with Crippen molar-refractivity contribution in [2.24, 2.45) is 0 Å². The third-order valence-corrected chi connectivity index (χ3v) is 4.22. The Morgan fingerprint density at radius 1 is 1.20 bits per heavy atom. The lowest BCUT2D eigenvalue weighted by Crippen LogP contribution is -2.46. The van der Waals surface area contributed by atoms with E-state index in [-0.39, 0.29) is 11.3 Å². The van der Waals surface area contributed by atoms with Crippen molar-refractivity contribution < 1.29 is 9.66 Å². The quantitative estimate of drug-likeness (QED) is 0.622. The Morgan fingerprint density at radius 2 is 1.92 bits per heavy atom. The Kier molecular flexibility index (Phi) is 4.66.